The molecule has 110 valence electrons. The molecule has 1 heterocycles. The van der Waals surface area contributed by atoms with Crippen molar-refractivity contribution in [2.24, 2.45) is 5.73 Å². The highest BCUT2D eigenvalue weighted by molar-refractivity contribution is 9.10. The van der Waals surface area contributed by atoms with Crippen LogP contribution in [0, 0.1) is 5.82 Å². The number of ether oxygens (including phenoxy) is 1. The van der Waals surface area contributed by atoms with Gasteiger partial charge in [0.2, 0.25) is 0 Å². The first-order chi connectivity index (χ1) is 9.45. The molecule has 4 nitrogen and oxygen atoms in total. The van der Waals surface area contributed by atoms with Crippen molar-refractivity contribution in [2.45, 2.75) is 19.1 Å². The second kappa shape index (κ2) is 6.34. The topological polar surface area (TPSA) is 58.7 Å². The molecule has 0 saturated carbocycles. The molecule has 2 atom stereocenters. The molecule has 0 amide bonds. The van der Waals surface area contributed by atoms with Crippen molar-refractivity contribution in [3.05, 3.63) is 28.0 Å². The molecular formula is C13H16BrFN2O2S. The fourth-order valence-electron chi connectivity index (χ4n) is 2.21. The maximum atomic E-state index is 14.5. The molecule has 0 aromatic heterocycles. The van der Waals surface area contributed by atoms with Crippen LogP contribution in [0.15, 0.2) is 16.6 Å². The third kappa shape index (κ3) is 2.95. The number of nitrogens with two attached hydrogens (primary N) is 1. The van der Waals surface area contributed by atoms with E-state index >= 15 is 0 Å². The van der Waals surface area contributed by atoms with Gasteiger partial charge in [0, 0.05) is 18.2 Å². The molecule has 3 N–H and O–H groups in total. The summed E-state index contributed by atoms with van der Waals surface area (Å²) in [6, 6.07) is 3.38. The van der Waals surface area contributed by atoms with E-state index in [1.165, 1.54) is 0 Å². The van der Waals surface area contributed by atoms with E-state index in [4.69, 9.17) is 22.7 Å². The van der Waals surface area contributed by atoms with Crippen LogP contribution in [0.3, 0.4) is 0 Å². The third-order valence-electron chi connectivity index (χ3n) is 3.35. The molecule has 0 aliphatic carbocycles. The fraction of sp³-hybridized carbons (Fsp3) is 0.462. The van der Waals surface area contributed by atoms with Gasteiger partial charge in [-0.05, 0) is 35.0 Å². The molecule has 1 saturated heterocycles. The summed E-state index contributed by atoms with van der Waals surface area (Å²) < 4.78 is 20.2. The molecule has 20 heavy (non-hydrogen) atoms. The monoisotopic (exact) mass is 362 g/mol. The van der Waals surface area contributed by atoms with Crippen molar-refractivity contribution < 1.29 is 14.2 Å². The van der Waals surface area contributed by atoms with Crippen LogP contribution >= 0.6 is 28.1 Å². The zero-order valence-corrected chi connectivity index (χ0v) is 13.4. The van der Waals surface area contributed by atoms with E-state index in [9.17, 15) is 9.50 Å². The second-order valence-electron chi connectivity index (χ2n) is 4.76. The fourth-order valence-corrected chi connectivity index (χ4v) is 3.07. The van der Waals surface area contributed by atoms with Crippen LogP contribution in [0.4, 0.5) is 10.1 Å². The number of rotatable bonds is 3. The molecule has 1 fully saturated rings. The summed E-state index contributed by atoms with van der Waals surface area (Å²) in [5.74, 6) is -0.402. The normalized spacial score (nSPS) is 22.9. The molecule has 1 aromatic carbocycles. The lowest BCUT2D eigenvalue weighted by Gasteiger charge is -2.39. The Bertz CT molecular complexity index is 529. The van der Waals surface area contributed by atoms with E-state index < -0.39 is 5.82 Å². The summed E-state index contributed by atoms with van der Waals surface area (Å²) in [6.07, 6.45) is -0.306. The Kier molecular flexibility index (Phi) is 4.95. The van der Waals surface area contributed by atoms with Gasteiger partial charge in [0.25, 0.3) is 0 Å². The highest BCUT2D eigenvalue weighted by Gasteiger charge is 2.28. The number of anilines is 1. The third-order valence-corrected chi connectivity index (χ3v) is 4.34. The van der Waals surface area contributed by atoms with Crippen LogP contribution in [-0.4, -0.2) is 42.0 Å². The van der Waals surface area contributed by atoms with Crippen molar-refractivity contribution >= 4 is 38.8 Å². The molecule has 1 aliphatic rings. The Hall–Kier alpha value is -0.760. The minimum atomic E-state index is -0.402. The molecule has 0 spiro atoms. The van der Waals surface area contributed by atoms with Crippen molar-refractivity contribution in [1.82, 2.24) is 0 Å². The summed E-state index contributed by atoms with van der Waals surface area (Å²) in [5, 5.41) is 9.19. The summed E-state index contributed by atoms with van der Waals surface area (Å²) in [5.41, 5.74) is 6.47. The predicted molar refractivity (Wildman–Crippen MR) is 83.6 cm³/mol. The summed E-state index contributed by atoms with van der Waals surface area (Å²) in [4.78, 5) is 2.03. The molecule has 7 heteroatoms. The minimum absolute atomic E-state index is 0.0230. The van der Waals surface area contributed by atoms with Gasteiger partial charge in [0.1, 0.15) is 4.99 Å². The molecule has 0 radical (unpaired) electrons. The number of hydrogen-bond donors (Lipinski definition) is 2. The average Bonchev–Trinajstić information content (AvgIpc) is 2.42. The van der Waals surface area contributed by atoms with Gasteiger partial charge in [-0.2, -0.15) is 0 Å². The molecular weight excluding hydrogens is 347 g/mol. The number of thiocarbonyl (C=S) groups is 1. The standard InChI is InChI=1S/C13H16BrFN2O2S/c1-7-6-19-8(5-18)4-17(7)10-3-2-9(13(16)20)11(14)12(10)15/h2-3,7-8,18H,4-6H2,1H3,(H2,16,20). The van der Waals surface area contributed by atoms with Gasteiger partial charge >= 0.3 is 0 Å². The molecule has 0 bridgehead atoms. The van der Waals surface area contributed by atoms with Crippen LogP contribution in [0.2, 0.25) is 0 Å². The van der Waals surface area contributed by atoms with Gasteiger partial charge < -0.3 is 20.5 Å². The summed E-state index contributed by atoms with van der Waals surface area (Å²) in [7, 11) is 0. The maximum absolute atomic E-state index is 14.5. The summed E-state index contributed by atoms with van der Waals surface area (Å²) >= 11 is 8.08. The van der Waals surface area contributed by atoms with Crippen LogP contribution in [0.5, 0.6) is 0 Å². The maximum Gasteiger partial charge on any atom is 0.161 e. The van der Waals surface area contributed by atoms with E-state index in [0.29, 0.717) is 24.4 Å². The van der Waals surface area contributed by atoms with Crippen molar-refractivity contribution in [1.29, 1.82) is 0 Å². The van der Waals surface area contributed by atoms with E-state index in [1.807, 2.05) is 11.8 Å². The zero-order chi connectivity index (χ0) is 14.9. The average molecular weight is 363 g/mol. The second-order valence-corrected chi connectivity index (χ2v) is 6.00. The van der Waals surface area contributed by atoms with Crippen LogP contribution in [0.1, 0.15) is 12.5 Å². The highest BCUT2D eigenvalue weighted by Crippen LogP contribution is 2.32. The number of halogens is 2. The van der Waals surface area contributed by atoms with E-state index in [0.717, 1.165) is 0 Å². The number of morpholine rings is 1. The first-order valence-corrected chi connectivity index (χ1v) is 7.42. The number of benzene rings is 1. The van der Waals surface area contributed by atoms with Crippen molar-refractivity contribution in [3.8, 4) is 0 Å². The number of aliphatic hydroxyl groups is 1. The lowest BCUT2D eigenvalue weighted by molar-refractivity contribution is -0.0105. The van der Waals surface area contributed by atoms with Crippen LogP contribution in [-0.2, 0) is 4.74 Å². The van der Waals surface area contributed by atoms with Crippen molar-refractivity contribution in [2.75, 3.05) is 24.7 Å². The highest BCUT2D eigenvalue weighted by atomic mass is 79.9. The first-order valence-electron chi connectivity index (χ1n) is 6.22. The molecule has 1 aromatic rings. The first kappa shape index (κ1) is 15.6. The molecule has 1 aliphatic heterocycles. The number of aliphatic hydroxyl groups excluding tert-OH is 1. The Morgan fingerprint density at radius 2 is 2.35 bits per heavy atom. The van der Waals surface area contributed by atoms with E-state index in [-0.39, 0.29) is 28.2 Å². The van der Waals surface area contributed by atoms with Gasteiger partial charge in [-0.1, -0.05) is 12.2 Å². The van der Waals surface area contributed by atoms with E-state index in [2.05, 4.69) is 15.9 Å². The zero-order valence-electron chi connectivity index (χ0n) is 11.0. The number of hydrogen-bond acceptors (Lipinski definition) is 4. The lowest BCUT2D eigenvalue weighted by Crippen LogP contribution is -2.50. The van der Waals surface area contributed by atoms with Gasteiger partial charge in [-0.3, -0.25) is 0 Å². The Labute approximate surface area is 130 Å². The quantitative estimate of drug-likeness (QED) is 0.803. The van der Waals surface area contributed by atoms with Crippen LogP contribution in [0.25, 0.3) is 0 Å². The summed E-state index contributed by atoms with van der Waals surface area (Å²) in [6.45, 7) is 2.74. The number of nitrogens with zero attached hydrogens (tertiary/aromatic N) is 1. The molecule has 2 unspecified atom stereocenters. The Morgan fingerprint density at radius 3 is 2.95 bits per heavy atom. The Balaban J connectivity index is 2.37. The van der Waals surface area contributed by atoms with Crippen LogP contribution < -0.4 is 10.6 Å². The smallest absolute Gasteiger partial charge is 0.161 e. The van der Waals surface area contributed by atoms with Gasteiger partial charge in [0.15, 0.2) is 5.82 Å². The largest absolute Gasteiger partial charge is 0.394 e. The molecule has 2 rings (SSSR count). The Morgan fingerprint density at radius 1 is 1.65 bits per heavy atom. The lowest BCUT2D eigenvalue weighted by atomic mass is 10.1. The SMILES string of the molecule is CC1COC(CO)CN1c1ccc(C(N)=S)c(Br)c1F. The van der Waals surface area contributed by atoms with Gasteiger partial charge in [-0.15, -0.1) is 0 Å². The predicted octanol–water partition coefficient (Wildman–Crippen LogP) is 1.81. The van der Waals surface area contributed by atoms with E-state index in [1.54, 1.807) is 12.1 Å². The van der Waals surface area contributed by atoms with Gasteiger partial charge in [-0.25, -0.2) is 4.39 Å². The van der Waals surface area contributed by atoms with Gasteiger partial charge in [0.05, 0.1) is 29.5 Å². The minimum Gasteiger partial charge on any atom is -0.394 e. The van der Waals surface area contributed by atoms with Crippen molar-refractivity contribution in [3.63, 3.8) is 0 Å².